The summed E-state index contributed by atoms with van der Waals surface area (Å²) in [7, 11) is 0. The zero-order valence-corrected chi connectivity index (χ0v) is 14.4. The molecule has 118 valence electrons. The Balaban J connectivity index is 2.74. The largest absolute Gasteiger partial charge is 0.459 e. The normalized spacial score (nSPS) is 13.3. The van der Waals surface area contributed by atoms with Crippen molar-refractivity contribution in [3.05, 3.63) is 35.4 Å². The van der Waals surface area contributed by atoms with Crippen LogP contribution in [0.2, 0.25) is 0 Å². The van der Waals surface area contributed by atoms with E-state index in [1.807, 2.05) is 13.8 Å². The second-order valence-electron chi connectivity index (χ2n) is 6.64. The predicted octanol–water partition coefficient (Wildman–Crippen LogP) is 5.11. The monoisotopic (exact) mass is 290 g/mol. The number of benzene rings is 1. The Morgan fingerprint density at radius 2 is 1.62 bits per heavy atom. The van der Waals surface area contributed by atoms with Gasteiger partial charge in [-0.15, -0.1) is 0 Å². The van der Waals surface area contributed by atoms with Crippen LogP contribution in [0.1, 0.15) is 71.4 Å². The SMILES string of the molecule is CCC(C)(CC)OC(=O)C(C)c1ccc(CC(C)C)cc1. The van der Waals surface area contributed by atoms with Gasteiger partial charge < -0.3 is 4.74 Å². The highest BCUT2D eigenvalue weighted by atomic mass is 16.6. The molecule has 0 radical (unpaired) electrons. The van der Waals surface area contributed by atoms with Gasteiger partial charge in [-0.1, -0.05) is 52.0 Å². The third kappa shape index (κ3) is 5.18. The van der Waals surface area contributed by atoms with Crippen molar-refractivity contribution >= 4 is 5.97 Å². The molecule has 1 atom stereocenters. The lowest BCUT2D eigenvalue weighted by atomic mass is 9.96. The fourth-order valence-electron chi connectivity index (χ4n) is 2.28. The molecule has 0 aliphatic heterocycles. The predicted molar refractivity (Wildman–Crippen MR) is 88.5 cm³/mol. The maximum Gasteiger partial charge on any atom is 0.313 e. The molecule has 21 heavy (non-hydrogen) atoms. The van der Waals surface area contributed by atoms with E-state index in [2.05, 4.69) is 52.0 Å². The zero-order chi connectivity index (χ0) is 16.0. The maximum atomic E-state index is 12.3. The van der Waals surface area contributed by atoms with Crippen molar-refractivity contribution in [2.75, 3.05) is 0 Å². The van der Waals surface area contributed by atoms with Gasteiger partial charge in [0.1, 0.15) is 5.60 Å². The Kier molecular flexibility index (Phi) is 6.44. The third-order valence-corrected chi connectivity index (χ3v) is 4.32. The number of carbonyl (C=O) groups excluding carboxylic acids is 1. The molecule has 1 aromatic carbocycles. The van der Waals surface area contributed by atoms with Crippen LogP contribution in [-0.2, 0) is 16.0 Å². The molecule has 1 rings (SSSR count). The summed E-state index contributed by atoms with van der Waals surface area (Å²) in [4.78, 5) is 12.3. The second kappa shape index (κ2) is 7.63. The molecular formula is C19H30O2. The molecule has 0 saturated heterocycles. The van der Waals surface area contributed by atoms with Crippen molar-refractivity contribution in [3.8, 4) is 0 Å². The van der Waals surface area contributed by atoms with E-state index >= 15 is 0 Å². The summed E-state index contributed by atoms with van der Waals surface area (Å²) in [6.07, 6.45) is 2.76. The average Bonchev–Trinajstić information content (AvgIpc) is 2.46. The number of hydrogen-bond donors (Lipinski definition) is 0. The Hall–Kier alpha value is -1.31. The molecule has 0 spiro atoms. The van der Waals surface area contributed by atoms with E-state index in [9.17, 15) is 4.79 Å². The molecule has 0 aliphatic rings. The first-order valence-electron chi connectivity index (χ1n) is 8.13. The standard InChI is InChI=1S/C19H30O2/c1-7-19(6,8-2)21-18(20)15(5)17-11-9-16(10-12-17)13-14(3)4/h9-12,14-15H,7-8,13H2,1-6H3. The quantitative estimate of drug-likeness (QED) is 0.652. The molecule has 0 aliphatic carbocycles. The summed E-state index contributed by atoms with van der Waals surface area (Å²) < 4.78 is 5.71. The Morgan fingerprint density at radius 1 is 1.10 bits per heavy atom. The summed E-state index contributed by atoms with van der Waals surface area (Å²) in [5, 5.41) is 0. The van der Waals surface area contributed by atoms with Gasteiger partial charge in [0, 0.05) is 0 Å². The summed E-state index contributed by atoms with van der Waals surface area (Å²) in [5.74, 6) is 0.307. The van der Waals surface area contributed by atoms with E-state index in [1.54, 1.807) is 0 Å². The van der Waals surface area contributed by atoms with Crippen LogP contribution in [0.25, 0.3) is 0 Å². The van der Waals surface area contributed by atoms with Crippen molar-refractivity contribution in [1.29, 1.82) is 0 Å². The van der Waals surface area contributed by atoms with Crippen molar-refractivity contribution in [2.24, 2.45) is 5.92 Å². The molecule has 0 heterocycles. The lowest BCUT2D eigenvalue weighted by Crippen LogP contribution is -2.32. The highest BCUT2D eigenvalue weighted by Crippen LogP contribution is 2.25. The van der Waals surface area contributed by atoms with Crippen LogP contribution < -0.4 is 0 Å². The second-order valence-corrected chi connectivity index (χ2v) is 6.64. The van der Waals surface area contributed by atoms with E-state index in [1.165, 1.54) is 5.56 Å². The average molecular weight is 290 g/mol. The molecule has 0 aromatic heterocycles. The number of esters is 1. The van der Waals surface area contributed by atoms with Crippen LogP contribution >= 0.6 is 0 Å². The molecule has 0 bridgehead atoms. The number of carbonyl (C=O) groups is 1. The summed E-state index contributed by atoms with van der Waals surface area (Å²) in [6.45, 7) is 12.5. The van der Waals surface area contributed by atoms with Crippen LogP contribution in [0, 0.1) is 5.92 Å². The lowest BCUT2D eigenvalue weighted by molar-refractivity contribution is -0.160. The van der Waals surface area contributed by atoms with Crippen LogP contribution in [0.5, 0.6) is 0 Å². The van der Waals surface area contributed by atoms with Crippen LogP contribution in [0.15, 0.2) is 24.3 Å². The van der Waals surface area contributed by atoms with Crippen LogP contribution in [-0.4, -0.2) is 11.6 Å². The first-order chi connectivity index (χ1) is 9.81. The van der Waals surface area contributed by atoms with E-state index in [0.29, 0.717) is 5.92 Å². The zero-order valence-electron chi connectivity index (χ0n) is 14.4. The summed E-state index contributed by atoms with van der Waals surface area (Å²) >= 11 is 0. The minimum Gasteiger partial charge on any atom is -0.459 e. The smallest absolute Gasteiger partial charge is 0.313 e. The molecule has 1 unspecified atom stereocenters. The Morgan fingerprint density at radius 3 is 2.05 bits per heavy atom. The lowest BCUT2D eigenvalue weighted by Gasteiger charge is -2.28. The minimum absolute atomic E-state index is 0.127. The van der Waals surface area contributed by atoms with Crippen molar-refractivity contribution in [2.45, 2.75) is 72.3 Å². The highest BCUT2D eigenvalue weighted by Gasteiger charge is 2.27. The summed E-state index contributed by atoms with van der Waals surface area (Å²) in [5.41, 5.74) is 2.01. The van der Waals surface area contributed by atoms with Gasteiger partial charge in [-0.2, -0.15) is 0 Å². The highest BCUT2D eigenvalue weighted by molar-refractivity contribution is 5.78. The molecule has 0 saturated carbocycles. The number of rotatable bonds is 7. The van der Waals surface area contributed by atoms with Crippen molar-refractivity contribution in [3.63, 3.8) is 0 Å². The Bertz CT molecular complexity index is 441. The van der Waals surface area contributed by atoms with Gasteiger partial charge in [0.25, 0.3) is 0 Å². The van der Waals surface area contributed by atoms with Gasteiger partial charge >= 0.3 is 5.97 Å². The van der Waals surface area contributed by atoms with Crippen LogP contribution in [0.3, 0.4) is 0 Å². The fraction of sp³-hybridized carbons (Fsp3) is 0.632. The maximum absolute atomic E-state index is 12.3. The van der Waals surface area contributed by atoms with Crippen molar-refractivity contribution < 1.29 is 9.53 Å². The minimum atomic E-state index is -0.344. The number of hydrogen-bond acceptors (Lipinski definition) is 2. The molecule has 0 N–H and O–H groups in total. The third-order valence-electron chi connectivity index (χ3n) is 4.32. The number of ether oxygens (including phenoxy) is 1. The van der Waals surface area contributed by atoms with E-state index < -0.39 is 0 Å². The van der Waals surface area contributed by atoms with E-state index in [4.69, 9.17) is 4.74 Å². The molecule has 0 fully saturated rings. The van der Waals surface area contributed by atoms with E-state index in [-0.39, 0.29) is 17.5 Å². The van der Waals surface area contributed by atoms with Gasteiger partial charge in [0.15, 0.2) is 0 Å². The molecule has 0 amide bonds. The first-order valence-corrected chi connectivity index (χ1v) is 8.13. The van der Waals surface area contributed by atoms with Gasteiger partial charge in [-0.05, 0) is 50.2 Å². The molecule has 2 heteroatoms. The first kappa shape index (κ1) is 17.7. The topological polar surface area (TPSA) is 26.3 Å². The van der Waals surface area contributed by atoms with Crippen LogP contribution in [0.4, 0.5) is 0 Å². The van der Waals surface area contributed by atoms with E-state index in [0.717, 1.165) is 24.8 Å². The van der Waals surface area contributed by atoms with Gasteiger partial charge in [0.05, 0.1) is 5.92 Å². The van der Waals surface area contributed by atoms with Crippen molar-refractivity contribution in [1.82, 2.24) is 0 Å². The van der Waals surface area contributed by atoms with Gasteiger partial charge in [-0.3, -0.25) is 4.79 Å². The van der Waals surface area contributed by atoms with Gasteiger partial charge in [-0.25, -0.2) is 0 Å². The molecule has 2 nitrogen and oxygen atoms in total. The summed E-state index contributed by atoms with van der Waals surface area (Å²) in [6, 6.07) is 8.35. The van der Waals surface area contributed by atoms with Gasteiger partial charge in [0.2, 0.25) is 0 Å². The fourth-order valence-corrected chi connectivity index (χ4v) is 2.28. The molecule has 1 aromatic rings. The Labute approximate surface area is 129 Å². The molecular weight excluding hydrogens is 260 g/mol.